The first-order valence-corrected chi connectivity index (χ1v) is 7.82. The fourth-order valence-electron chi connectivity index (χ4n) is 3.15. The molecule has 4 heteroatoms. The molecule has 2 aliphatic rings. The van der Waals surface area contributed by atoms with E-state index >= 15 is 0 Å². The van der Waals surface area contributed by atoms with E-state index in [-0.39, 0.29) is 0 Å². The number of likely N-dealkylation sites (N-methyl/N-ethyl adjacent to an activating group) is 1. The number of aromatic nitrogens is 2. The number of piperidine rings is 1. The molecular formula is C15H26N4. The third-order valence-corrected chi connectivity index (χ3v) is 4.39. The predicted molar refractivity (Wildman–Crippen MR) is 78.8 cm³/mol. The standard InChI is InChI=1S/C15H26N4/c1-3-12-11-19(13-7-8-13)15(17-12)18-9-5-4-6-14(18)10-16-2/h11,13-14,16H,3-10H2,1-2H3. The van der Waals surface area contributed by atoms with Gasteiger partial charge in [0.05, 0.1) is 5.69 Å². The zero-order valence-electron chi connectivity index (χ0n) is 12.2. The lowest BCUT2D eigenvalue weighted by Gasteiger charge is -2.36. The van der Waals surface area contributed by atoms with Crippen LogP contribution in [0.1, 0.15) is 50.8 Å². The van der Waals surface area contributed by atoms with Gasteiger partial charge in [0.2, 0.25) is 5.95 Å². The summed E-state index contributed by atoms with van der Waals surface area (Å²) in [6, 6.07) is 1.34. The lowest BCUT2D eigenvalue weighted by molar-refractivity contribution is 0.434. The Morgan fingerprint density at radius 1 is 1.32 bits per heavy atom. The first-order chi connectivity index (χ1) is 9.33. The zero-order valence-corrected chi connectivity index (χ0v) is 12.2. The second-order valence-corrected chi connectivity index (χ2v) is 5.92. The van der Waals surface area contributed by atoms with Crippen molar-refractivity contribution in [1.82, 2.24) is 14.9 Å². The lowest BCUT2D eigenvalue weighted by atomic mass is 10.0. The number of aryl methyl sites for hydroxylation is 1. The zero-order chi connectivity index (χ0) is 13.2. The third-order valence-electron chi connectivity index (χ3n) is 4.39. The normalized spacial score (nSPS) is 23.9. The lowest BCUT2D eigenvalue weighted by Crippen LogP contribution is -2.46. The van der Waals surface area contributed by atoms with Crippen molar-refractivity contribution in [1.29, 1.82) is 0 Å². The summed E-state index contributed by atoms with van der Waals surface area (Å²) < 4.78 is 2.45. The van der Waals surface area contributed by atoms with Crippen LogP contribution >= 0.6 is 0 Å². The van der Waals surface area contributed by atoms with Crippen molar-refractivity contribution in [2.45, 2.75) is 57.5 Å². The number of nitrogens with one attached hydrogen (secondary N) is 1. The van der Waals surface area contributed by atoms with Crippen molar-refractivity contribution in [2.24, 2.45) is 0 Å². The van der Waals surface area contributed by atoms with Gasteiger partial charge in [-0.25, -0.2) is 4.98 Å². The molecule has 0 bridgehead atoms. The van der Waals surface area contributed by atoms with Crippen LogP contribution < -0.4 is 10.2 Å². The van der Waals surface area contributed by atoms with E-state index in [1.165, 1.54) is 50.3 Å². The molecule has 0 amide bonds. The number of hydrogen-bond acceptors (Lipinski definition) is 3. The fourth-order valence-corrected chi connectivity index (χ4v) is 3.15. The van der Waals surface area contributed by atoms with Gasteiger partial charge in [0, 0.05) is 31.4 Å². The largest absolute Gasteiger partial charge is 0.338 e. The molecule has 1 unspecified atom stereocenters. The summed E-state index contributed by atoms with van der Waals surface area (Å²) in [5, 5.41) is 3.34. The van der Waals surface area contributed by atoms with E-state index in [0.717, 1.165) is 19.0 Å². The van der Waals surface area contributed by atoms with Gasteiger partial charge in [-0.05, 0) is 45.6 Å². The molecule has 1 saturated heterocycles. The van der Waals surface area contributed by atoms with Crippen LogP contribution in [-0.2, 0) is 6.42 Å². The summed E-state index contributed by atoms with van der Waals surface area (Å²) in [6.45, 7) is 4.43. The fraction of sp³-hybridized carbons (Fsp3) is 0.800. The first-order valence-electron chi connectivity index (χ1n) is 7.82. The molecule has 1 aliphatic carbocycles. The first kappa shape index (κ1) is 13.0. The highest BCUT2D eigenvalue weighted by atomic mass is 15.3. The maximum atomic E-state index is 4.91. The van der Waals surface area contributed by atoms with Crippen LogP contribution in [0.5, 0.6) is 0 Å². The van der Waals surface area contributed by atoms with Gasteiger partial charge < -0.3 is 14.8 Å². The van der Waals surface area contributed by atoms with Gasteiger partial charge in [-0.3, -0.25) is 0 Å². The van der Waals surface area contributed by atoms with E-state index in [0.29, 0.717) is 6.04 Å². The van der Waals surface area contributed by atoms with Gasteiger partial charge in [0.15, 0.2) is 0 Å². The molecule has 1 saturated carbocycles. The summed E-state index contributed by atoms with van der Waals surface area (Å²) in [7, 11) is 2.05. The second kappa shape index (κ2) is 5.53. The van der Waals surface area contributed by atoms with Gasteiger partial charge >= 0.3 is 0 Å². The van der Waals surface area contributed by atoms with E-state index in [1.54, 1.807) is 0 Å². The molecule has 0 spiro atoms. The van der Waals surface area contributed by atoms with Crippen LogP contribution in [0.3, 0.4) is 0 Å². The molecule has 1 aromatic heterocycles. The second-order valence-electron chi connectivity index (χ2n) is 5.92. The van der Waals surface area contributed by atoms with E-state index in [2.05, 4.69) is 35.0 Å². The molecule has 0 radical (unpaired) electrons. The van der Waals surface area contributed by atoms with E-state index in [4.69, 9.17) is 4.98 Å². The Hall–Kier alpha value is -1.03. The molecule has 1 atom stereocenters. The van der Waals surface area contributed by atoms with Crippen molar-refractivity contribution in [2.75, 3.05) is 25.0 Å². The monoisotopic (exact) mass is 262 g/mol. The predicted octanol–water partition coefficient (Wildman–Crippen LogP) is 2.36. The third kappa shape index (κ3) is 2.64. The van der Waals surface area contributed by atoms with E-state index < -0.39 is 0 Å². The maximum Gasteiger partial charge on any atom is 0.206 e. The highest BCUT2D eigenvalue weighted by Crippen LogP contribution is 2.39. The molecule has 1 N–H and O–H groups in total. The Morgan fingerprint density at radius 3 is 2.84 bits per heavy atom. The van der Waals surface area contributed by atoms with Crippen LogP contribution in [0.2, 0.25) is 0 Å². The van der Waals surface area contributed by atoms with Gasteiger partial charge in [0.25, 0.3) is 0 Å². The number of rotatable bonds is 5. The number of hydrogen-bond donors (Lipinski definition) is 1. The summed E-state index contributed by atoms with van der Waals surface area (Å²) in [5.74, 6) is 1.24. The Kier molecular flexibility index (Phi) is 3.78. The molecular weight excluding hydrogens is 236 g/mol. The average Bonchev–Trinajstić information content (AvgIpc) is 3.19. The topological polar surface area (TPSA) is 33.1 Å². The van der Waals surface area contributed by atoms with Crippen molar-refractivity contribution in [3.8, 4) is 0 Å². The minimum Gasteiger partial charge on any atom is -0.338 e. The summed E-state index contributed by atoms with van der Waals surface area (Å²) >= 11 is 0. The minimum absolute atomic E-state index is 0.614. The van der Waals surface area contributed by atoms with Crippen LogP contribution in [0.15, 0.2) is 6.20 Å². The van der Waals surface area contributed by atoms with Crippen molar-refractivity contribution in [3.05, 3.63) is 11.9 Å². The van der Waals surface area contributed by atoms with Crippen LogP contribution in [-0.4, -0.2) is 35.7 Å². The molecule has 1 aromatic rings. The molecule has 0 aromatic carbocycles. The molecule has 2 heterocycles. The Balaban J connectivity index is 1.87. The summed E-state index contributed by atoms with van der Waals surface area (Å²) in [5.41, 5.74) is 1.25. The van der Waals surface area contributed by atoms with Crippen LogP contribution in [0.4, 0.5) is 5.95 Å². The Morgan fingerprint density at radius 2 is 2.16 bits per heavy atom. The van der Waals surface area contributed by atoms with Gasteiger partial charge in [-0.2, -0.15) is 0 Å². The van der Waals surface area contributed by atoms with Gasteiger partial charge in [-0.1, -0.05) is 6.92 Å². The average molecular weight is 262 g/mol. The number of nitrogens with zero attached hydrogens (tertiary/aromatic N) is 3. The smallest absolute Gasteiger partial charge is 0.206 e. The summed E-state index contributed by atoms with van der Waals surface area (Å²) in [6.07, 6.45) is 9.94. The SMILES string of the molecule is CCc1cn(C2CC2)c(N2CCCCC2CNC)n1. The molecule has 3 rings (SSSR count). The molecule has 2 fully saturated rings. The highest BCUT2D eigenvalue weighted by Gasteiger charge is 2.31. The highest BCUT2D eigenvalue weighted by molar-refractivity contribution is 5.37. The molecule has 1 aliphatic heterocycles. The van der Waals surface area contributed by atoms with Crippen molar-refractivity contribution in [3.63, 3.8) is 0 Å². The van der Waals surface area contributed by atoms with Crippen molar-refractivity contribution < 1.29 is 0 Å². The minimum atomic E-state index is 0.614. The van der Waals surface area contributed by atoms with Gasteiger partial charge in [-0.15, -0.1) is 0 Å². The number of anilines is 1. The van der Waals surface area contributed by atoms with E-state index in [9.17, 15) is 0 Å². The molecule has 4 nitrogen and oxygen atoms in total. The van der Waals surface area contributed by atoms with Gasteiger partial charge in [0.1, 0.15) is 0 Å². The molecule has 106 valence electrons. The Labute approximate surface area is 116 Å². The van der Waals surface area contributed by atoms with Crippen molar-refractivity contribution >= 4 is 5.95 Å². The van der Waals surface area contributed by atoms with Crippen LogP contribution in [0.25, 0.3) is 0 Å². The van der Waals surface area contributed by atoms with E-state index in [1.807, 2.05) is 0 Å². The summed E-state index contributed by atoms with van der Waals surface area (Å²) in [4.78, 5) is 7.46. The quantitative estimate of drug-likeness (QED) is 0.884. The molecule has 19 heavy (non-hydrogen) atoms. The number of imidazole rings is 1. The van der Waals surface area contributed by atoms with Crippen LogP contribution in [0, 0.1) is 0 Å². The Bertz CT molecular complexity index is 420. The maximum absolute atomic E-state index is 4.91.